The van der Waals surface area contributed by atoms with Crippen LogP contribution in [0.25, 0.3) is 0 Å². The van der Waals surface area contributed by atoms with Gasteiger partial charge in [-0.2, -0.15) is 0 Å². The summed E-state index contributed by atoms with van der Waals surface area (Å²) in [5, 5.41) is 9.04. The molecule has 4 aromatic rings. The number of nitrogens with zero attached hydrogens (tertiary/aromatic N) is 3. The van der Waals surface area contributed by atoms with E-state index in [1.54, 1.807) is 0 Å². The van der Waals surface area contributed by atoms with Crippen LogP contribution in [-0.4, -0.2) is 23.3 Å². The maximum atomic E-state index is 7.20. The quantitative estimate of drug-likeness (QED) is 0.166. The van der Waals surface area contributed by atoms with Gasteiger partial charge in [-0.05, 0) is 34.2 Å². The smallest absolute Gasteiger partial charge is 0.278 e. The average Bonchev–Trinajstić information content (AvgIpc) is 3.37. The summed E-state index contributed by atoms with van der Waals surface area (Å²) in [5.74, 6) is 3.53. The molecule has 1 atom stereocenters. The fourth-order valence-corrected chi connectivity index (χ4v) is 8.27. The second-order valence-electron chi connectivity index (χ2n) is 10.1. The van der Waals surface area contributed by atoms with Crippen molar-refractivity contribution in [2.45, 2.75) is 64.3 Å². The summed E-state index contributed by atoms with van der Waals surface area (Å²) < 4.78 is 9.09. The molecule has 190 valence electrons. The summed E-state index contributed by atoms with van der Waals surface area (Å²) in [7, 11) is -2.52. The van der Waals surface area contributed by atoms with E-state index < -0.39 is 8.32 Å². The maximum Gasteiger partial charge on any atom is 0.278 e. The van der Waals surface area contributed by atoms with Crippen LogP contribution in [0.1, 0.15) is 62.6 Å². The van der Waals surface area contributed by atoms with Crippen molar-refractivity contribution in [3.05, 3.63) is 120 Å². The Morgan fingerprint density at radius 3 is 1.95 bits per heavy atom. The molecule has 0 aliphatic heterocycles. The molecule has 0 spiro atoms. The van der Waals surface area contributed by atoms with Gasteiger partial charge in [0.05, 0.1) is 12.7 Å². The normalized spacial score (nSPS) is 12.4. The van der Waals surface area contributed by atoms with Gasteiger partial charge in [0.2, 0.25) is 0 Å². The Balaban J connectivity index is 1.63. The van der Waals surface area contributed by atoms with Crippen LogP contribution in [0.3, 0.4) is 0 Å². The van der Waals surface area contributed by atoms with Crippen LogP contribution in [-0.2, 0) is 17.4 Å². The highest BCUT2D eigenvalue weighted by atomic mass is 28.4. The lowest BCUT2D eigenvalue weighted by Gasteiger charge is -2.37. The zero-order valence-electron chi connectivity index (χ0n) is 22.3. The molecule has 1 heterocycles. The third-order valence-corrected chi connectivity index (χ3v) is 11.4. The first kappa shape index (κ1) is 26.6. The molecule has 0 saturated heterocycles. The highest BCUT2D eigenvalue weighted by Gasteiger charge is 2.44. The van der Waals surface area contributed by atoms with Crippen molar-refractivity contribution in [1.82, 2.24) is 15.0 Å². The third kappa shape index (κ3) is 6.85. The van der Waals surface area contributed by atoms with E-state index in [1.807, 2.05) is 35.1 Å². The number of aromatic nitrogens is 3. The monoisotopic (exact) mass is 507 g/mol. The van der Waals surface area contributed by atoms with Gasteiger partial charge in [-0.25, -0.2) is 4.68 Å². The lowest BCUT2D eigenvalue weighted by Crippen LogP contribution is -2.45. The molecule has 4 nitrogen and oxygen atoms in total. The molecule has 0 fully saturated rings. The van der Waals surface area contributed by atoms with E-state index in [0.717, 1.165) is 24.1 Å². The molecule has 1 aromatic heterocycles. The van der Waals surface area contributed by atoms with Gasteiger partial charge in [0, 0.05) is 6.42 Å². The van der Waals surface area contributed by atoms with Crippen molar-refractivity contribution >= 4 is 8.32 Å². The van der Waals surface area contributed by atoms with Crippen molar-refractivity contribution < 1.29 is 4.43 Å². The first-order chi connectivity index (χ1) is 18.0. The van der Waals surface area contributed by atoms with Gasteiger partial charge in [-0.15, -0.1) is 11.0 Å². The third-order valence-electron chi connectivity index (χ3n) is 6.81. The molecule has 0 amide bonds. The molecule has 37 heavy (non-hydrogen) atoms. The average molecular weight is 508 g/mol. The molecule has 0 N–H and O–H groups in total. The van der Waals surface area contributed by atoms with Crippen molar-refractivity contribution in [1.29, 1.82) is 0 Å². The Hall–Kier alpha value is -3.46. The fourth-order valence-electron chi connectivity index (χ4n) is 4.71. The molecular formula is C32H37N3OSi. The van der Waals surface area contributed by atoms with E-state index in [2.05, 4.69) is 116 Å². The summed E-state index contributed by atoms with van der Waals surface area (Å²) in [5.41, 5.74) is 8.79. The predicted octanol–water partition coefficient (Wildman–Crippen LogP) is 7.37. The molecule has 4 rings (SSSR count). The van der Waals surface area contributed by atoms with Crippen LogP contribution in [0, 0.1) is 11.5 Å². The number of hydrogen-bond acceptors (Lipinski definition) is 3. The summed E-state index contributed by atoms with van der Waals surface area (Å²) in [6, 6.07) is 31.3. The van der Waals surface area contributed by atoms with Gasteiger partial charge in [0.1, 0.15) is 11.8 Å². The minimum absolute atomic E-state index is 0.314. The zero-order valence-corrected chi connectivity index (χ0v) is 23.3. The van der Waals surface area contributed by atoms with Gasteiger partial charge < -0.3 is 4.43 Å². The first-order valence-electron chi connectivity index (χ1n) is 13.2. The lowest BCUT2D eigenvalue weighted by molar-refractivity contribution is 0.223. The number of aryl methyl sites for hydroxylation is 1. The van der Waals surface area contributed by atoms with Crippen molar-refractivity contribution in [3.63, 3.8) is 0 Å². The Labute approximate surface area is 222 Å². The lowest BCUT2D eigenvalue weighted by atomic mass is 10.1. The van der Waals surface area contributed by atoms with Gasteiger partial charge in [0.15, 0.2) is 0 Å². The van der Waals surface area contributed by atoms with Crippen LogP contribution in [0.15, 0.2) is 97.2 Å². The van der Waals surface area contributed by atoms with Crippen LogP contribution < -0.4 is 0 Å². The van der Waals surface area contributed by atoms with Crippen LogP contribution in [0.5, 0.6) is 0 Å². The van der Waals surface area contributed by atoms with E-state index >= 15 is 0 Å². The number of hydrogen-bond donors (Lipinski definition) is 0. The molecule has 3 aromatic carbocycles. The maximum absolute atomic E-state index is 7.20. The van der Waals surface area contributed by atoms with Crippen molar-refractivity contribution in [2.24, 2.45) is 0 Å². The SMILES string of the molecule is CC(C)[Si](C#CCCc1ccccc1)(O[C@H](c1ccccc1)c1cn(Cc2ccccc2)nn1)C(C)C. The summed E-state index contributed by atoms with van der Waals surface area (Å²) in [6.07, 6.45) is 3.48. The predicted molar refractivity (Wildman–Crippen MR) is 153 cm³/mol. The van der Waals surface area contributed by atoms with E-state index in [9.17, 15) is 0 Å². The Kier molecular flexibility index (Phi) is 9.11. The van der Waals surface area contributed by atoms with Gasteiger partial charge >= 0.3 is 0 Å². The molecule has 0 unspecified atom stereocenters. The Bertz CT molecular complexity index is 1280. The second-order valence-corrected chi connectivity index (χ2v) is 14.5. The van der Waals surface area contributed by atoms with Gasteiger partial charge in [0.25, 0.3) is 8.32 Å². The molecule has 0 radical (unpaired) electrons. The van der Waals surface area contributed by atoms with Crippen molar-refractivity contribution in [3.8, 4) is 11.5 Å². The summed E-state index contributed by atoms with van der Waals surface area (Å²) >= 11 is 0. The van der Waals surface area contributed by atoms with Crippen LogP contribution >= 0.6 is 0 Å². The van der Waals surface area contributed by atoms with Gasteiger partial charge in [-0.1, -0.05) is 129 Å². The molecular weight excluding hydrogens is 470 g/mol. The van der Waals surface area contributed by atoms with E-state index in [-0.39, 0.29) is 6.10 Å². The number of rotatable bonds is 10. The second kappa shape index (κ2) is 12.7. The van der Waals surface area contributed by atoms with E-state index in [0.29, 0.717) is 17.6 Å². The zero-order chi connectivity index (χ0) is 26.1. The highest BCUT2D eigenvalue weighted by molar-refractivity contribution is 6.84. The largest absolute Gasteiger partial charge is 0.392 e. The van der Waals surface area contributed by atoms with E-state index in [1.165, 1.54) is 11.1 Å². The Morgan fingerprint density at radius 1 is 0.784 bits per heavy atom. The summed E-state index contributed by atoms with van der Waals surface area (Å²) in [4.78, 5) is 0. The molecule has 0 aliphatic carbocycles. The topological polar surface area (TPSA) is 39.9 Å². The van der Waals surface area contributed by atoms with Gasteiger partial charge in [-0.3, -0.25) is 0 Å². The number of benzene rings is 3. The molecule has 0 aliphatic rings. The standard InChI is InChI=1S/C32H37N3OSi/c1-26(2)37(27(3)4,23-15-14-18-28-16-8-5-9-17-28)36-32(30-21-12-7-13-22-30)31-25-35(34-33-31)24-29-19-10-6-11-20-29/h5-13,16-17,19-22,25-27,32H,14,18,24H2,1-4H3/t32-/m1/s1. The fraction of sp³-hybridized carbons (Fsp3) is 0.312. The molecule has 0 saturated carbocycles. The van der Waals surface area contributed by atoms with Crippen molar-refractivity contribution in [2.75, 3.05) is 0 Å². The van der Waals surface area contributed by atoms with E-state index in [4.69, 9.17) is 4.43 Å². The highest BCUT2D eigenvalue weighted by Crippen LogP contribution is 2.39. The van der Waals surface area contributed by atoms with Crippen LogP contribution in [0.2, 0.25) is 11.1 Å². The first-order valence-corrected chi connectivity index (χ1v) is 15.2. The Morgan fingerprint density at radius 2 is 1.35 bits per heavy atom. The summed E-state index contributed by atoms with van der Waals surface area (Å²) in [6.45, 7) is 9.70. The minimum Gasteiger partial charge on any atom is -0.392 e. The van der Waals surface area contributed by atoms with Crippen LogP contribution in [0.4, 0.5) is 0 Å². The minimum atomic E-state index is -2.52. The molecule has 5 heteroatoms. The molecule has 0 bridgehead atoms.